The molecule has 0 unspecified atom stereocenters. The van der Waals surface area contributed by atoms with Crippen molar-refractivity contribution in [1.29, 1.82) is 0 Å². The van der Waals surface area contributed by atoms with Gasteiger partial charge in [-0.3, -0.25) is 0 Å². The van der Waals surface area contributed by atoms with Gasteiger partial charge in [-0.25, -0.2) is 0 Å². The van der Waals surface area contributed by atoms with Gasteiger partial charge in [0.1, 0.15) is 17.2 Å². The number of benzene rings is 2. The largest absolute Gasteiger partial charge is 0.508 e. The molecule has 2 aromatic carbocycles. The lowest BCUT2D eigenvalue weighted by Gasteiger charge is -2.06. The van der Waals surface area contributed by atoms with Crippen LogP contribution in [-0.4, -0.2) is 17.3 Å². The van der Waals surface area contributed by atoms with E-state index in [9.17, 15) is 10.2 Å². The van der Waals surface area contributed by atoms with Gasteiger partial charge in [-0.1, -0.05) is 12.1 Å². The van der Waals surface area contributed by atoms with Crippen molar-refractivity contribution in [2.45, 2.75) is 0 Å². The summed E-state index contributed by atoms with van der Waals surface area (Å²) in [4.78, 5) is 0. The normalized spacial score (nSPS) is 10.1. The number of phenols is 2. The maximum atomic E-state index is 9.51. The van der Waals surface area contributed by atoms with Gasteiger partial charge in [-0.2, -0.15) is 0 Å². The standard InChI is InChI=1S/C13H12O3/c1-16-13-7-10(6-12(15)8-13)9-2-4-11(14)5-3-9/h2-8,14-15H,1H3. The molecule has 3 heteroatoms. The SMILES string of the molecule is COc1cc(O)cc(-c2ccc(O)cc2)c1. The van der Waals surface area contributed by atoms with Gasteiger partial charge in [0, 0.05) is 6.07 Å². The van der Waals surface area contributed by atoms with Gasteiger partial charge < -0.3 is 14.9 Å². The van der Waals surface area contributed by atoms with Gasteiger partial charge in [0.2, 0.25) is 0 Å². The summed E-state index contributed by atoms with van der Waals surface area (Å²) < 4.78 is 5.07. The third-order valence-electron chi connectivity index (χ3n) is 2.33. The Kier molecular flexibility index (Phi) is 2.68. The van der Waals surface area contributed by atoms with Crippen molar-refractivity contribution < 1.29 is 14.9 Å². The fourth-order valence-electron chi connectivity index (χ4n) is 1.52. The van der Waals surface area contributed by atoms with E-state index in [2.05, 4.69) is 0 Å². The molecule has 0 spiro atoms. The Morgan fingerprint density at radius 1 is 0.812 bits per heavy atom. The topological polar surface area (TPSA) is 49.7 Å². The van der Waals surface area contributed by atoms with E-state index < -0.39 is 0 Å². The third kappa shape index (κ3) is 2.08. The molecule has 0 atom stereocenters. The van der Waals surface area contributed by atoms with Crippen molar-refractivity contribution in [3.63, 3.8) is 0 Å². The highest BCUT2D eigenvalue weighted by atomic mass is 16.5. The molecule has 0 saturated heterocycles. The molecule has 16 heavy (non-hydrogen) atoms. The van der Waals surface area contributed by atoms with Gasteiger partial charge in [-0.15, -0.1) is 0 Å². The summed E-state index contributed by atoms with van der Waals surface area (Å²) in [5.74, 6) is 0.973. The summed E-state index contributed by atoms with van der Waals surface area (Å²) in [7, 11) is 1.55. The molecular weight excluding hydrogens is 204 g/mol. The highest BCUT2D eigenvalue weighted by Gasteiger charge is 2.02. The lowest BCUT2D eigenvalue weighted by atomic mass is 10.1. The zero-order valence-corrected chi connectivity index (χ0v) is 8.84. The number of phenolic OH excluding ortho intramolecular Hbond substituents is 2. The van der Waals surface area contributed by atoms with Crippen LogP contribution in [0.5, 0.6) is 17.2 Å². The van der Waals surface area contributed by atoms with Gasteiger partial charge in [0.05, 0.1) is 7.11 Å². The molecule has 2 aromatic rings. The van der Waals surface area contributed by atoms with Crippen LogP contribution in [0, 0.1) is 0 Å². The minimum atomic E-state index is 0.155. The molecule has 2 rings (SSSR count). The number of aromatic hydroxyl groups is 2. The van der Waals surface area contributed by atoms with E-state index in [4.69, 9.17) is 4.74 Å². The molecule has 0 aliphatic rings. The van der Waals surface area contributed by atoms with Gasteiger partial charge in [-0.05, 0) is 35.4 Å². The predicted molar refractivity (Wildman–Crippen MR) is 61.8 cm³/mol. The highest BCUT2D eigenvalue weighted by Crippen LogP contribution is 2.29. The summed E-state index contributed by atoms with van der Waals surface area (Å²) >= 11 is 0. The van der Waals surface area contributed by atoms with Crippen LogP contribution >= 0.6 is 0 Å². The zero-order chi connectivity index (χ0) is 11.5. The van der Waals surface area contributed by atoms with E-state index in [0.29, 0.717) is 5.75 Å². The highest BCUT2D eigenvalue weighted by molar-refractivity contribution is 5.67. The maximum absolute atomic E-state index is 9.51. The second-order valence-corrected chi connectivity index (χ2v) is 3.47. The summed E-state index contributed by atoms with van der Waals surface area (Å²) in [6.45, 7) is 0. The number of rotatable bonds is 2. The Hall–Kier alpha value is -2.16. The smallest absolute Gasteiger partial charge is 0.123 e. The summed E-state index contributed by atoms with van der Waals surface area (Å²) in [5, 5.41) is 18.7. The number of methoxy groups -OCH3 is 1. The van der Waals surface area contributed by atoms with Crippen LogP contribution < -0.4 is 4.74 Å². The Labute approximate surface area is 93.6 Å². The van der Waals surface area contributed by atoms with Crippen LogP contribution in [0.4, 0.5) is 0 Å². The molecular formula is C13H12O3. The predicted octanol–water partition coefficient (Wildman–Crippen LogP) is 2.77. The fourth-order valence-corrected chi connectivity index (χ4v) is 1.52. The molecule has 0 heterocycles. The Morgan fingerprint density at radius 2 is 1.50 bits per heavy atom. The second kappa shape index (κ2) is 4.14. The number of ether oxygens (including phenoxy) is 1. The monoisotopic (exact) mass is 216 g/mol. The zero-order valence-electron chi connectivity index (χ0n) is 8.84. The molecule has 0 saturated carbocycles. The van der Waals surface area contributed by atoms with Crippen LogP contribution in [0.15, 0.2) is 42.5 Å². The van der Waals surface area contributed by atoms with Crippen molar-refractivity contribution in [2.24, 2.45) is 0 Å². The first kappa shape index (κ1) is 10.4. The molecule has 0 aromatic heterocycles. The molecule has 3 nitrogen and oxygen atoms in total. The first-order valence-corrected chi connectivity index (χ1v) is 4.86. The van der Waals surface area contributed by atoms with E-state index in [1.165, 1.54) is 0 Å². The first-order valence-electron chi connectivity index (χ1n) is 4.86. The van der Waals surface area contributed by atoms with Crippen LogP contribution in [0.3, 0.4) is 0 Å². The van der Waals surface area contributed by atoms with Crippen molar-refractivity contribution >= 4 is 0 Å². The average molecular weight is 216 g/mol. The molecule has 2 N–H and O–H groups in total. The van der Waals surface area contributed by atoms with Crippen molar-refractivity contribution in [3.8, 4) is 28.4 Å². The second-order valence-electron chi connectivity index (χ2n) is 3.47. The minimum absolute atomic E-state index is 0.155. The fraction of sp³-hybridized carbons (Fsp3) is 0.0769. The van der Waals surface area contributed by atoms with Crippen molar-refractivity contribution in [2.75, 3.05) is 7.11 Å². The number of hydrogen-bond acceptors (Lipinski definition) is 3. The van der Waals surface area contributed by atoms with E-state index in [0.717, 1.165) is 11.1 Å². The Bertz CT molecular complexity index is 489. The first-order chi connectivity index (χ1) is 7.69. The molecule has 0 fully saturated rings. The van der Waals surface area contributed by atoms with Gasteiger partial charge in [0.25, 0.3) is 0 Å². The lowest BCUT2D eigenvalue weighted by Crippen LogP contribution is -1.84. The molecule has 0 aliphatic carbocycles. The molecule has 0 amide bonds. The summed E-state index contributed by atoms with van der Waals surface area (Å²) in [5.41, 5.74) is 1.75. The van der Waals surface area contributed by atoms with Gasteiger partial charge >= 0.3 is 0 Å². The third-order valence-corrected chi connectivity index (χ3v) is 2.33. The van der Waals surface area contributed by atoms with Crippen molar-refractivity contribution in [3.05, 3.63) is 42.5 Å². The minimum Gasteiger partial charge on any atom is -0.508 e. The summed E-state index contributed by atoms with van der Waals surface area (Å²) in [6, 6.07) is 11.8. The van der Waals surface area contributed by atoms with E-state index in [-0.39, 0.29) is 11.5 Å². The Morgan fingerprint density at radius 3 is 2.12 bits per heavy atom. The maximum Gasteiger partial charge on any atom is 0.123 e. The van der Waals surface area contributed by atoms with Crippen LogP contribution in [0.1, 0.15) is 0 Å². The van der Waals surface area contributed by atoms with E-state index >= 15 is 0 Å². The van der Waals surface area contributed by atoms with Gasteiger partial charge in [0.15, 0.2) is 0 Å². The van der Waals surface area contributed by atoms with E-state index in [1.54, 1.807) is 43.5 Å². The lowest BCUT2D eigenvalue weighted by molar-refractivity contribution is 0.408. The quantitative estimate of drug-likeness (QED) is 0.811. The molecule has 0 bridgehead atoms. The number of hydrogen-bond donors (Lipinski definition) is 2. The van der Waals surface area contributed by atoms with E-state index in [1.807, 2.05) is 6.07 Å². The summed E-state index contributed by atoms with van der Waals surface area (Å²) in [6.07, 6.45) is 0. The molecule has 0 radical (unpaired) electrons. The van der Waals surface area contributed by atoms with Crippen LogP contribution in [-0.2, 0) is 0 Å². The van der Waals surface area contributed by atoms with Crippen molar-refractivity contribution in [1.82, 2.24) is 0 Å². The molecule has 82 valence electrons. The van der Waals surface area contributed by atoms with Crippen LogP contribution in [0.2, 0.25) is 0 Å². The molecule has 0 aliphatic heterocycles. The Balaban J connectivity index is 2.47. The van der Waals surface area contributed by atoms with Crippen LogP contribution in [0.25, 0.3) is 11.1 Å². The average Bonchev–Trinajstić information content (AvgIpc) is 2.29.